The smallest absolute Gasteiger partial charge is 0.404 e. The van der Waals surface area contributed by atoms with Crippen molar-refractivity contribution in [2.75, 3.05) is 6.61 Å². The van der Waals surface area contributed by atoms with Gasteiger partial charge in [-0.15, -0.1) is 0 Å². The van der Waals surface area contributed by atoms with Gasteiger partial charge in [-0.2, -0.15) is 0 Å². The van der Waals surface area contributed by atoms with Gasteiger partial charge in [0, 0.05) is 24.4 Å². The number of carbonyl (C=O) groups is 2. The van der Waals surface area contributed by atoms with Gasteiger partial charge in [-0.1, -0.05) is 6.92 Å². The summed E-state index contributed by atoms with van der Waals surface area (Å²) < 4.78 is 9.49. The molecule has 1 unspecified atom stereocenters. The first kappa shape index (κ1) is 13.2. The normalized spacial score (nSPS) is 11.9. The monoisotopic (exact) mass is 222 g/mol. The number of hydrogen-bond donors (Lipinski definition) is 0. The highest BCUT2D eigenvalue weighted by atomic mass is 35.5. The maximum atomic E-state index is 10.9. The summed E-state index contributed by atoms with van der Waals surface area (Å²) >= 11 is 4.99. The van der Waals surface area contributed by atoms with Crippen molar-refractivity contribution in [1.29, 1.82) is 0 Å². The molecule has 0 aromatic carbocycles. The van der Waals surface area contributed by atoms with E-state index in [1.807, 2.05) is 6.92 Å². The number of esters is 1. The molecule has 0 amide bonds. The molecular weight excluding hydrogens is 208 g/mol. The molecule has 0 aromatic heterocycles. The first-order valence-corrected chi connectivity index (χ1v) is 4.95. The van der Waals surface area contributed by atoms with Crippen LogP contribution in [0.2, 0.25) is 0 Å². The second-order valence-corrected chi connectivity index (χ2v) is 3.23. The van der Waals surface area contributed by atoms with E-state index in [0.29, 0.717) is 12.8 Å². The number of rotatable bonds is 6. The van der Waals surface area contributed by atoms with Gasteiger partial charge in [-0.05, 0) is 13.3 Å². The molecule has 5 heteroatoms. The van der Waals surface area contributed by atoms with E-state index in [4.69, 9.17) is 16.3 Å². The van der Waals surface area contributed by atoms with E-state index in [9.17, 15) is 9.59 Å². The highest BCUT2D eigenvalue weighted by Crippen LogP contribution is 2.02. The van der Waals surface area contributed by atoms with Crippen molar-refractivity contribution in [3.05, 3.63) is 0 Å². The van der Waals surface area contributed by atoms with Gasteiger partial charge in [-0.25, -0.2) is 4.79 Å². The Morgan fingerprint density at radius 1 is 1.43 bits per heavy atom. The minimum atomic E-state index is -0.836. The third-order valence-electron chi connectivity index (χ3n) is 1.54. The van der Waals surface area contributed by atoms with Gasteiger partial charge in [0.1, 0.15) is 6.10 Å². The molecule has 0 fully saturated rings. The molecule has 0 aliphatic rings. The lowest BCUT2D eigenvalue weighted by molar-refractivity contribution is -0.144. The summed E-state index contributed by atoms with van der Waals surface area (Å²) in [5, 5.41) is 0. The third kappa shape index (κ3) is 7.86. The number of halogens is 1. The van der Waals surface area contributed by atoms with E-state index in [2.05, 4.69) is 4.74 Å². The highest BCUT2D eigenvalue weighted by molar-refractivity contribution is 6.61. The summed E-state index contributed by atoms with van der Waals surface area (Å²) in [6.45, 7) is 3.84. The van der Waals surface area contributed by atoms with Crippen LogP contribution in [0.15, 0.2) is 0 Å². The first-order valence-electron chi connectivity index (χ1n) is 4.58. The Kier molecular flexibility index (Phi) is 7.20. The highest BCUT2D eigenvalue weighted by Gasteiger charge is 2.08. The number of carbonyl (C=O) groups excluding carboxylic acids is 2. The number of ether oxygens (including phenoxy) is 2. The fourth-order valence-corrected chi connectivity index (χ4v) is 0.984. The molecule has 82 valence electrons. The van der Waals surface area contributed by atoms with Gasteiger partial charge >= 0.3 is 11.4 Å². The van der Waals surface area contributed by atoms with Crippen molar-refractivity contribution in [2.24, 2.45) is 0 Å². The van der Waals surface area contributed by atoms with Crippen LogP contribution in [0.1, 0.15) is 33.1 Å². The topological polar surface area (TPSA) is 52.6 Å². The molecule has 0 bridgehead atoms. The van der Waals surface area contributed by atoms with Crippen molar-refractivity contribution in [3.8, 4) is 0 Å². The zero-order valence-electron chi connectivity index (χ0n) is 8.42. The average molecular weight is 223 g/mol. The summed E-state index contributed by atoms with van der Waals surface area (Å²) in [5.41, 5.74) is -0.836. The summed E-state index contributed by atoms with van der Waals surface area (Å²) in [6.07, 6.45) is 1.33. The Hall–Kier alpha value is -0.770. The van der Waals surface area contributed by atoms with Crippen LogP contribution in [0.3, 0.4) is 0 Å². The lowest BCUT2D eigenvalue weighted by Crippen LogP contribution is -2.14. The van der Waals surface area contributed by atoms with Crippen molar-refractivity contribution >= 4 is 23.0 Å². The molecule has 0 saturated heterocycles. The minimum absolute atomic E-state index is 0.225. The minimum Gasteiger partial charge on any atom is -0.466 e. The third-order valence-corrected chi connectivity index (χ3v) is 1.62. The maximum Gasteiger partial charge on any atom is 0.404 e. The molecule has 0 aromatic rings. The molecule has 14 heavy (non-hydrogen) atoms. The Morgan fingerprint density at radius 2 is 2.07 bits per heavy atom. The molecular formula is C9H15ClO4. The predicted octanol–water partition coefficient (Wildman–Crippen LogP) is 2.48. The van der Waals surface area contributed by atoms with Crippen LogP contribution in [0.4, 0.5) is 4.79 Å². The Balaban J connectivity index is 3.43. The quantitative estimate of drug-likeness (QED) is 0.512. The SMILES string of the molecule is CCCC(=O)OCCC(C)OC(=O)Cl. The van der Waals surface area contributed by atoms with E-state index in [0.717, 1.165) is 6.42 Å². The fraction of sp³-hybridized carbons (Fsp3) is 0.778. The van der Waals surface area contributed by atoms with E-state index in [-0.39, 0.29) is 18.7 Å². The summed E-state index contributed by atoms with van der Waals surface area (Å²) in [4.78, 5) is 21.2. The van der Waals surface area contributed by atoms with Crippen LogP contribution in [0.5, 0.6) is 0 Å². The van der Waals surface area contributed by atoms with Crippen molar-refractivity contribution in [3.63, 3.8) is 0 Å². The van der Waals surface area contributed by atoms with Gasteiger partial charge in [0.05, 0.1) is 6.61 Å². The van der Waals surface area contributed by atoms with Crippen LogP contribution >= 0.6 is 11.6 Å². The maximum absolute atomic E-state index is 10.9. The second-order valence-electron chi connectivity index (χ2n) is 2.93. The molecule has 0 rings (SSSR count). The van der Waals surface area contributed by atoms with E-state index >= 15 is 0 Å². The van der Waals surface area contributed by atoms with Crippen molar-refractivity contribution in [2.45, 2.75) is 39.2 Å². The fourth-order valence-electron chi connectivity index (χ4n) is 0.832. The second kappa shape index (κ2) is 7.62. The molecule has 0 N–H and O–H groups in total. The number of hydrogen-bond acceptors (Lipinski definition) is 4. The summed E-state index contributed by atoms with van der Waals surface area (Å²) in [6, 6.07) is 0. The zero-order valence-corrected chi connectivity index (χ0v) is 9.17. The average Bonchev–Trinajstić information content (AvgIpc) is 2.02. The molecule has 0 aliphatic carbocycles. The van der Waals surface area contributed by atoms with Crippen LogP contribution < -0.4 is 0 Å². The lowest BCUT2D eigenvalue weighted by atomic mass is 10.3. The Morgan fingerprint density at radius 3 is 2.57 bits per heavy atom. The van der Waals surface area contributed by atoms with Crippen LogP contribution in [-0.2, 0) is 14.3 Å². The molecule has 0 heterocycles. The largest absolute Gasteiger partial charge is 0.466 e. The van der Waals surface area contributed by atoms with Crippen molar-refractivity contribution < 1.29 is 19.1 Å². The first-order chi connectivity index (χ1) is 6.56. The molecule has 1 atom stereocenters. The Labute approximate surface area is 88.5 Å². The van der Waals surface area contributed by atoms with Gasteiger partial charge < -0.3 is 9.47 Å². The standard InChI is InChI=1S/C9H15ClO4/c1-3-4-8(11)13-6-5-7(2)14-9(10)12/h7H,3-6H2,1-2H3. The van der Waals surface area contributed by atoms with E-state index < -0.39 is 5.43 Å². The molecule has 0 saturated carbocycles. The molecule has 0 spiro atoms. The van der Waals surface area contributed by atoms with E-state index in [1.165, 1.54) is 0 Å². The van der Waals surface area contributed by atoms with Crippen LogP contribution in [0, 0.1) is 0 Å². The van der Waals surface area contributed by atoms with Crippen LogP contribution in [-0.4, -0.2) is 24.1 Å². The van der Waals surface area contributed by atoms with Crippen LogP contribution in [0.25, 0.3) is 0 Å². The van der Waals surface area contributed by atoms with Gasteiger partial charge in [-0.3, -0.25) is 4.79 Å². The van der Waals surface area contributed by atoms with Gasteiger partial charge in [0.25, 0.3) is 0 Å². The van der Waals surface area contributed by atoms with Crippen molar-refractivity contribution in [1.82, 2.24) is 0 Å². The summed E-state index contributed by atoms with van der Waals surface area (Å²) in [5.74, 6) is -0.225. The predicted molar refractivity (Wildman–Crippen MR) is 52.3 cm³/mol. The Bertz CT molecular complexity index is 193. The van der Waals surface area contributed by atoms with E-state index in [1.54, 1.807) is 6.92 Å². The zero-order chi connectivity index (χ0) is 11.0. The lowest BCUT2D eigenvalue weighted by Gasteiger charge is -2.10. The van der Waals surface area contributed by atoms with Gasteiger partial charge in [0.2, 0.25) is 0 Å². The summed E-state index contributed by atoms with van der Waals surface area (Å²) in [7, 11) is 0. The molecule has 0 radical (unpaired) electrons. The molecule has 0 aliphatic heterocycles. The van der Waals surface area contributed by atoms with Gasteiger partial charge in [0.15, 0.2) is 0 Å². The molecule has 4 nitrogen and oxygen atoms in total.